The molecule has 31 heavy (non-hydrogen) atoms. The number of amides is 1. The fourth-order valence-electron chi connectivity index (χ4n) is 3.03. The molecule has 0 aliphatic carbocycles. The Morgan fingerprint density at radius 2 is 1.58 bits per heavy atom. The molecule has 0 aromatic heterocycles. The molecule has 6 heteroatoms. The third-order valence-electron chi connectivity index (χ3n) is 4.63. The van der Waals surface area contributed by atoms with Crippen molar-refractivity contribution in [1.29, 1.82) is 0 Å². The molecule has 0 spiro atoms. The molecule has 0 bridgehead atoms. The number of hydrogen-bond acceptors (Lipinski definition) is 5. The Hall–Kier alpha value is -3.80. The number of anilines is 2. The van der Waals surface area contributed by atoms with Gasteiger partial charge in [-0.05, 0) is 54.8 Å². The highest BCUT2D eigenvalue weighted by atomic mass is 16.5. The SMILES string of the molecule is COC(=O)c1ccc(NC(=O)CNc2ccccc2OCCCc2ccccc2)cc1. The predicted octanol–water partition coefficient (Wildman–Crippen LogP) is 4.54. The molecule has 0 saturated heterocycles. The Morgan fingerprint density at radius 1 is 0.871 bits per heavy atom. The Kier molecular flexibility index (Phi) is 8.05. The van der Waals surface area contributed by atoms with Crippen molar-refractivity contribution in [2.75, 3.05) is 30.9 Å². The van der Waals surface area contributed by atoms with E-state index in [4.69, 9.17) is 4.74 Å². The molecule has 1 amide bonds. The van der Waals surface area contributed by atoms with Gasteiger partial charge in [-0.2, -0.15) is 0 Å². The van der Waals surface area contributed by atoms with E-state index in [1.54, 1.807) is 24.3 Å². The van der Waals surface area contributed by atoms with Crippen molar-refractivity contribution < 1.29 is 19.1 Å². The second-order valence-corrected chi connectivity index (χ2v) is 6.90. The number of benzene rings is 3. The molecule has 2 N–H and O–H groups in total. The van der Waals surface area contributed by atoms with E-state index in [1.165, 1.54) is 12.7 Å². The minimum atomic E-state index is -0.417. The third kappa shape index (κ3) is 6.89. The Labute approximate surface area is 182 Å². The first-order valence-electron chi connectivity index (χ1n) is 10.1. The number of para-hydroxylation sites is 2. The van der Waals surface area contributed by atoms with Gasteiger partial charge in [-0.3, -0.25) is 4.79 Å². The molecule has 0 aliphatic rings. The van der Waals surface area contributed by atoms with Crippen molar-refractivity contribution in [2.45, 2.75) is 12.8 Å². The lowest BCUT2D eigenvalue weighted by Crippen LogP contribution is -2.22. The highest BCUT2D eigenvalue weighted by molar-refractivity contribution is 5.95. The maximum Gasteiger partial charge on any atom is 0.337 e. The van der Waals surface area contributed by atoms with Gasteiger partial charge in [0.05, 0.1) is 31.5 Å². The number of carbonyl (C=O) groups excluding carboxylic acids is 2. The fraction of sp³-hybridized carbons (Fsp3) is 0.200. The average molecular weight is 418 g/mol. The molecule has 0 saturated carbocycles. The number of methoxy groups -OCH3 is 1. The lowest BCUT2D eigenvalue weighted by atomic mass is 10.1. The molecule has 0 fully saturated rings. The van der Waals surface area contributed by atoms with E-state index in [0.29, 0.717) is 23.6 Å². The fourth-order valence-corrected chi connectivity index (χ4v) is 3.03. The van der Waals surface area contributed by atoms with Crippen molar-refractivity contribution >= 4 is 23.3 Å². The van der Waals surface area contributed by atoms with Gasteiger partial charge in [0.15, 0.2) is 0 Å². The lowest BCUT2D eigenvalue weighted by molar-refractivity contribution is -0.114. The van der Waals surface area contributed by atoms with Gasteiger partial charge in [-0.25, -0.2) is 4.79 Å². The van der Waals surface area contributed by atoms with Gasteiger partial charge in [-0.15, -0.1) is 0 Å². The van der Waals surface area contributed by atoms with E-state index < -0.39 is 5.97 Å². The van der Waals surface area contributed by atoms with E-state index in [2.05, 4.69) is 27.5 Å². The van der Waals surface area contributed by atoms with Gasteiger partial charge in [-0.1, -0.05) is 42.5 Å². The maximum atomic E-state index is 12.3. The second-order valence-electron chi connectivity index (χ2n) is 6.90. The molecule has 0 heterocycles. The van der Waals surface area contributed by atoms with Crippen molar-refractivity contribution in [3.05, 3.63) is 90.0 Å². The zero-order valence-corrected chi connectivity index (χ0v) is 17.5. The summed E-state index contributed by atoms with van der Waals surface area (Å²) < 4.78 is 10.6. The summed E-state index contributed by atoms with van der Waals surface area (Å²) in [5.41, 5.74) is 3.08. The molecule has 6 nitrogen and oxygen atoms in total. The smallest absolute Gasteiger partial charge is 0.337 e. The van der Waals surface area contributed by atoms with E-state index in [1.807, 2.05) is 42.5 Å². The quantitative estimate of drug-likeness (QED) is 0.374. The number of ether oxygens (including phenoxy) is 2. The largest absolute Gasteiger partial charge is 0.491 e. The minimum Gasteiger partial charge on any atom is -0.491 e. The van der Waals surface area contributed by atoms with Crippen LogP contribution in [-0.2, 0) is 16.0 Å². The number of aryl methyl sites for hydroxylation is 1. The van der Waals surface area contributed by atoms with Crippen molar-refractivity contribution in [1.82, 2.24) is 0 Å². The summed E-state index contributed by atoms with van der Waals surface area (Å²) in [7, 11) is 1.33. The molecule has 0 aliphatic heterocycles. The van der Waals surface area contributed by atoms with Crippen LogP contribution >= 0.6 is 0 Å². The molecular weight excluding hydrogens is 392 g/mol. The van der Waals surface area contributed by atoms with Crippen molar-refractivity contribution in [3.8, 4) is 5.75 Å². The summed E-state index contributed by atoms with van der Waals surface area (Å²) in [5, 5.41) is 5.91. The summed E-state index contributed by atoms with van der Waals surface area (Å²) >= 11 is 0. The lowest BCUT2D eigenvalue weighted by Gasteiger charge is -2.13. The summed E-state index contributed by atoms with van der Waals surface area (Å²) in [6.45, 7) is 0.676. The summed E-state index contributed by atoms with van der Waals surface area (Å²) in [4.78, 5) is 23.8. The number of hydrogen-bond donors (Lipinski definition) is 2. The maximum absolute atomic E-state index is 12.3. The molecule has 160 valence electrons. The van der Waals surface area contributed by atoms with Gasteiger partial charge in [0, 0.05) is 5.69 Å². The van der Waals surface area contributed by atoms with Crippen molar-refractivity contribution in [3.63, 3.8) is 0 Å². The van der Waals surface area contributed by atoms with Crippen LogP contribution in [0.3, 0.4) is 0 Å². The summed E-state index contributed by atoms with van der Waals surface area (Å²) in [5.74, 6) is 0.0930. The molecule has 3 aromatic rings. The van der Waals surface area contributed by atoms with Gasteiger partial charge in [0.1, 0.15) is 5.75 Å². The molecule has 3 rings (SSSR count). The number of carbonyl (C=O) groups is 2. The van der Waals surface area contributed by atoms with Crippen LogP contribution in [0.25, 0.3) is 0 Å². The van der Waals surface area contributed by atoms with Gasteiger partial charge in [0.25, 0.3) is 0 Å². The van der Waals surface area contributed by atoms with Gasteiger partial charge >= 0.3 is 5.97 Å². The number of rotatable bonds is 10. The highest BCUT2D eigenvalue weighted by Crippen LogP contribution is 2.24. The van der Waals surface area contributed by atoms with Crippen LogP contribution in [0, 0.1) is 0 Å². The van der Waals surface area contributed by atoms with Gasteiger partial charge < -0.3 is 20.1 Å². The van der Waals surface area contributed by atoms with E-state index in [9.17, 15) is 9.59 Å². The Morgan fingerprint density at radius 3 is 2.32 bits per heavy atom. The topological polar surface area (TPSA) is 76.7 Å². The average Bonchev–Trinajstić information content (AvgIpc) is 2.82. The van der Waals surface area contributed by atoms with Crippen LogP contribution in [0.5, 0.6) is 5.75 Å². The monoisotopic (exact) mass is 418 g/mol. The first-order chi connectivity index (χ1) is 15.2. The molecule has 0 unspecified atom stereocenters. The van der Waals surface area contributed by atoms with Gasteiger partial charge in [0.2, 0.25) is 5.91 Å². The molecule has 3 aromatic carbocycles. The Balaban J connectivity index is 1.46. The zero-order chi connectivity index (χ0) is 21.9. The summed E-state index contributed by atoms with van der Waals surface area (Å²) in [6.07, 6.45) is 1.86. The van der Waals surface area contributed by atoms with Crippen LogP contribution in [0.15, 0.2) is 78.9 Å². The van der Waals surface area contributed by atoms with Crippen molar-refractivity contribution in [2.24, 2.45) is 0 Å². The second kappa shape index (κ2) is 11.4. The summed E-state index contributed by atoms with van der Waals surface area (Å²) in [6, 6.07) is 24.4. The first-order valence-corrected chi connectivity index (χ1v) is 10.1. The third-order valence-corrected chi connectivity index (χ3v) is 4.63. The zero-order valence-electron chi connectivity index (χ0n) is 17.5. The molecule has 0 atom stereocenters. The standard InChI is InChI=1S/C25H26N2O4/c1-30-25(29)20-13-15-21(16-14-20)27-24(28)18-26-22-11-5-6-12-23(22)31-17-7-10-19-8-3-2-4-9-19/h2-6,8-9,11-16,26H,7,10,17-18H2,1H3,(H,27,28). The normalized spacial score (nSPS) is 10.2. The molecular formula is C25H26N2O4. The van der Waals surface area contributed by atoms with Crippen LogP contribution in [-0.4, -0.2) is 32.1 Å². The first kappa shape index (κ1) is 21.9. The van der Waals surface area contributed by atoms with E-state index in [0.717, 1.165) is 18.5 Å². The highest BCUT2D eigenvalue weighted by Gasteiger charge is 2.08. The van der Waals surface area contributed by atoms with Crippen LogP contribution in [0.4, 0.5) is 11.4 Å². The minimum absolute atomic E-state index is 0.0865. The number of nitrogens with one attached hydrogen (secondary N) is 2. The predicted molar refractivity (Wildman–Crippen MR) is 122 cm³/mol. The van der Waals surface area contributed by atoms with E-state index >= 15 is 0 Å². The van der Waals surface area contributed by atoms with E-state index in [-0.39, 0.29) is 12.5 Å². The van der Waals surface area contributed by atoms with Crippen LogP contribution in [0.2, 0.25) is 0 Å². The van der Waals surface area contributed by atoms with Crippen LogP contribution < -0.4 is 15.4 Å². The molecule has 0 radical (unpaired) electrons. The Bertz CT molecular complexity index is 988. The van der Waals surface area contributed by atoms with Crippen LogP contribution in [0.1, 0.15) is 22.3 Å². The number of esters is 1.